The van der Waals surface area contributed by atoms with Crippen molar-refractivity contribution in [1.29, 1.82) is 0 Å². The fourth-order valence-electron chi connectivity index (χ4n) is 1.02. The Morgan fingerprint density at radius 3 is 2.38 bits per heavy atom. The second kappa shape index (κ2) is 3.80. The maximum Gasteiger partial charge on any atom is 0.256 e. The van der Waals surface area contributed by atoms with Gasteiger partial charge in [0.05, 0.1) is 10.5 Å². The summed E-state index contributed by atoms with van der Waals surface area (Å²) in [5, 5.41) is 0. The normalized spacial score (nSPS) is 17.9. The Balaban J connectivity index is 2.90. The summed E-state index contributed by atoms with van der Waals surface area (Å²) in [6.45, 7) is 3.06. The first-order chi connectivity index (χ1) is 6.06. The molecule has 72 valence electrons. The highest BCUT2D eigenvalue weighted by atomic mass is 32.2. The molecule has 1 aliphatic rings. The largest absolute Gasteiger partial charge is 0.366 e. The molecule has 0 aromatic heterocycles. The van der Waals surface area contributed by atoms with Crippen LogP contribution in [0.15, 0.2) is 10.5 Å². The number of hydrogen-bond donors (Lipinski definition) is 2. The number of nitrogens with two attached hydrogens (primary N) is 2. The molecule has 0 unspecified atom stereocenters. The Bertz CT molecular complexity index is 261. The van der Waals surface area contributed by atoms with Crippen molar-refractivity contribution in [3.63, 3.8) is 0 Å². The molecule has 1 aliphatic heterocycles. The molecule has 2 amide bonds. The minimum absolute atomic E-state index is 0.273. The van der Waals surface area contributed by atoms with Gasteiger partial charge < -0.3 is 11.5 Å². The van der Waals surface area contributed by atoms with Crippen molar-refractivity contribution in [3.05, 3.63) is 10.5 Å². The molecule has 0 atom stereocenters. The van der Waals surface area contributed by atoms with E-state index < -0.39 is 11.8 Å². The van der Waals surface area contributed by atoms with Crippen LogP contribution in [-0.4, -0.2) is 29.2 Å². The molecule has 0 fully saturated rings. The number of hydrogen-bond acceptors (Lipinski definition) is 4. The summed E-state index contributed by atoms with van der Waals surface area (Å²) < 4.78 is 1.85. The third-order valence-corrected chi connectivity index (χ3v) is 2.98. The highest BCUT2D eigenvalue weighted by molar-refractivity contribution is 8.02. The van der Waals surface area contributed by atoms with Gasteiger partial charge in [-0.3, -0.25) is 9.59 Å². The number of nitrogens with zero attached hydrogens (tertiary/aromatic N) is 1. The van der Waals surface area contributed by atoms with Crippen molar-refractivity contribution in [2.45, 2.75) is 6.92 Å². The molecule has 0 spiro atoms. The molecule has 6 heteroatoms. The first kappa shape index (κ1) is 10.1. The van der Waals surface area contributed by atoms with Crippen LogP contribution in [0.2, 0.25) is 0 Å². The Morgan fingerprint density at radius 2 is 2.08 bits per heavy atom. The molecule has 0 aromatic carbocycles. The summed E-state index contributed by atoms with van der Waals surface area (Å²) in [4.78, 5) is 22.1. The molecule has 13 heavy (non-hydrogen) atoms. The van der Waals surface area contributed by atoms with Crippen molar-refractivity contribution in [2.75, 3.05) is 13.1 Å². The molecule has 1 heterocycles. The van der Waals surface area contributed by atoms with E-state index in [2.05, 4.69) is 0 Å². The zero-order chi connectivity index (χ0) is 10.0. The third kappa shape index (κ3) is 2.02. The van der Waals surface area contributed by atoms with Gasteiger partial charge in [0.2, 0.25) is 5.91 Å². The van der Waals surface area contributed by atoms with Crippen molar-refractivity contribution in [2.24, 2.45) is 11.5 Å². The van der Waals surface area contributed by atoms with Gasteiger partial charge >= 0.3 is 0 Å². The average Bonchev–Trinajstić information content (AvgIpc) is 2.47. The number of primary amides is 2. The van der Waals surface area contributed by atoms with Gasteiger partial charge in [-0.2, -0.15) is 0 Å². The van der Waals surface area contributed by atoms with Crippen LogP contribution < -0.4 is 11.5 Å². The van der Waals surface area contributed by atoms with E-state index in [1.165, 1.54) is 11.9 Å². The standard InChI is InChI=1S/C7H11N3O2S/c1-2-10-3-4(6(8)11)5(13-10)7(9)12/h2-3H2,1H3,(H2,8,11)(H2,9,12). The number of carbonyl (C=O) groups is 2. The van der Waals surface area contributed by atoms with Crippen LogP contribution in [0, 0.1) is 0 Å². The summed E-state index contributed by atoms with van der Waals surface area (Å²) in [6, 6.07) is 0. The van der Waals surface area contributed by atoms with Gasteiger partial charge in [0.1, 0.15) is 0 Å². The molecule has 0 aliphatic carbocycles. The van der Waals surface area contributed by atoms with Crippen LogP contribution in [0.1, 0.15) is 6.92 Å². The Kier molecular flexibility index (Phi) is 2.94. The maximum atomic E-state index is 10.9. The predicted molar refractivity (Wildman–Crippen MR) is 50.3 cm³/mol. The zero-order valence-electron chi connectivity index (χ0n) is 7.24. The lowest BCUT2D eigenvalue weighted by Gasteiger charge is -2.09. The lowest BCUT2D eigenvalue weighted by atomic mass is 10.2. The monoisotopic (exact) mass is 201 g/mol. The van der Waals surface area contributed by atoms with Crippen molar-refractivity contribution in [3.8, 4) is 0 Å². The van der Waals surface area contributed by atoms with E-state index in [1.54, 1.807) is 0 Å². The van der Waals surface area contributed by atoms with Crippen molar-refractivity contribution < 1.29 is 9.59 Å². The van der Waals surface area contributed by atoms with E-state index in [0.717, 1.165) is 6.54 Å². The lowest BCUT2D eigenvalue weighted by Crippen LogP contribution is -2.22. The van der Waals surface area contributed by atoms with Gasteiger partial charge in [0.25, 0.3) is 5.91 Å². The van der Waals surface area contributed by atoms with E-state index in [1.807, 2.05) is 11.2 Å². The van der Waals surface area contributed by atoms with Crippen LogP contribution in [0.5, 0.6) is 0 Å². The summed E-state index contributed by atoms with van der Waals surface area (Å²) in [5.74, 6) is -1.16. The SMILES string of the molecule is CCN1CC(C(N)=O)=C(C(N)=O)S1. The predicted octanol–water partition coefficient (Wildman–Crippen LogP) is -0.805. The molecular formula is C7H11N3O2S. The summed E-state index contributed by atoms with van der Waals surface area (Å²) in [6.07, 6.45) is 0. The summed E-state index contributed by atoms with van der Waals surface area (Å²) in [7, 11) is 0. The minimum Gasteiger partial charge on any atom is -0.366 e. The van der Waals surface area contributed by atoms with E-state index >= 15 is 0 Å². The highest BCUT2D eigenvalue weighted by Crippen LogP contribution is 2.31. The Hall–Kier alpha value is -1.01. The van der Waals surface area contributed by atoms with Crippen molar-refractivity contribution >= 4 is 23.8 Å². The molecule has 0 bridgehead atoms. The van der Waals surface area contributed by atoms with Gasteiger partial charge in [-0.25, -0.2) is 4.31 Å². The van der Waals surface area contributed by atoms with Crippen LogP contribution in [-0.2, 0) is 9.59 Å². The molecule has 0 aromatic rings. The summed E-state index contributed by atoms with van der Waals surface area (Å²) >= 11 is 1.19. The molecule has 0 saturated carbocycles. The zero-order valence-corrected chi connectivity index (χ0v) is 8.06. The van der Waals surface area contributed by atoms with E-state index in [9.17, 15) is 9.59 Å². The van der Waals surface area contributed by atoms with Crippen LogP contribution in [0.3, 0.4) is 0 Å². The molecule has 5 nitrogen and oxygen atoms in total. The fourth-order valence-corrected chi connectivity index (χ4v) is 1.97. The van der Waals surface area contributed by atoms with Crippen LogP contribution in [0.4, 0.5) is 0 Å². The number of likely N-dealkylation sites (N-methyl/N-ethyl adjacent to an activating group) is 1. The third-order valence-electron chi connectivity index (χ3n) is 1.70. The molecule has 0 radical (unpaired) electrons. The van der Waals surface area contributed by atoms with Gasteiger partial charge in [-0.1, -0.05) is 6.92 Å². The fraction of sp³-hybridized carbons (Fsp3) is 0.429. The quantitative estimate of drug-likeness (QED) is 0.585. The van der Waals surface area contributed by atoms with Crippen LogP contribution >= 0.6 is 11.9 Å². The lowest BCUT2D eigenvalue weighted by molar-refractivity contribution is -0.116. The van der Waals surface area contributed by atoms with Gasteiger partial charge in [-0.15, -0.1) is 0 Å². The highest BCUT2D eigenvalue weighted by Gasteiger charge is 2.28. The Morgan fingerprint density at radius 1 is 1.46 bits per heavy atom. The van der Waals surface area contributed by atoms with Gasteiger partial charge in [-0.05, 0) is 11.9 Å². The van der Waals surface area contributed by atoms with Crippen LogP contribution in [0.25, 0.3) is 0 Å². The molecule has 1 rings (SSSR count). The number of rotatable bonds is 3. The van der Waals surface area contributed by atoms with Gasteiger partial charge in [0.15, 0.2) is 0 Å². The first-order valence-corrected chi connectivity index (χ1v) is 4.59. The van der Waals surface area contributed by atoms with E-state index in [0.29, 0.717) is 12.1 Å². The van der Waals surface area contributed by atoms with E-state index in [4.69, 9.17) is 11.5 Å². The van der Waals surface area contributed by atoms with Gasteiger partial charge in [0, 0.05) is 13.1 Å². The topological polar surface area (TPSA) is 89.4 Å². The second-order valence-electron chi connectivity index (χ2n) is 2.58. The molecule has 0 saturated heterocycles. The maximum absolute atomic E-state index is 10.9. The average molecular weight is 201 g/mol. The first-order valence-electron chi connectivity index (χ1n) is 3.82. The molecular weight excluding hydrogens is 190 g/mol. The number of amides is 2. The Labute approximate surface area is 80.3 Å². The second-order valence-corrected chi connectivity index (χ2v) is 3.69. The van der Waals surface area contributed by atoms with Crippen molar-refractivity contribution in [1.82, 2.24) is 4.31 Å². The van der Waals surface area contributed by atoms with E-state index in [-0.39, 0.29) is 4.91 Å². The molecule has 4 N–H and O–H groups in total. The number of carbonyl (C=O) groups excluding carboxylic acids is 2. The minimum atomic E-state index is -0.588. The summed E-state index contributed by atoms with van der Waals surface area (Å²) in [5.41, 5.74) is 10.5. The smallest absolute Gasteiger partial charge is 0.256 e.